The van der Waals surface area contributed by atoms with E-state index >= 15 is 0 Å². The molecule has 2 aromatic carbocycles. The summed E-state index contributed by atoms with van der Waals surface area (Å²) in [6, 6.07) is 16.0. The van der Waals surface area contributed by atoms with Crippen LogP contribution in [0.25, 0.3) is 11.1 Å². The fourth-order valence-corrected chi connectivity index (χ4v) is 4.09. The van der Waals surface area contributed by atoms with E-state index in [9.17, 15) is 13.6 Å². The summed E-state index contributed by atoms with van der Waals surface area (Å²) >= 11 is 0. The van der Waals surface area contributed by atoms with E-state index in [4.69, 9.17) is 9.84 Å². The van der Waals surface area contributed by atoms with Gasteiger partial charge in [0.25, 0.3) is 5.92 Å². The normalized spacial score (nSPS) is 19.1. The molecule has 1 amide bonds. The molecule has 2 aromatic rings. The second kappa shape index (κ2) is 6.93. The Hall–Kier alpha value is -2.47. The van der Waals surface area contributed by atoms with E-state index in [1.807, 2.05) is 36.4 Å². The number of halogens is 2. The highest BCUT2D eigenvalue weighted by Gasteiger charge is 2.44. The maximum atomic E-state index is 13.6. The molecule has 1 aliphatic carbocycles. The van der Waals surface area contributed by atoms with Crippen molar-refractivity contribution < 1.29 is 23.4 Å². The molecule has 1 N–H and O–H groups in total. The first-order valence-corrected chi connectivity index (χ1v) is 9.10. The average molecular weight is 373 g/mol. The number of fused-ring (bicyclic) bond motifs is 3. The molecule has 1 atom stereocenters. The van der Waals surface area contributed by atoms with Crippen LogP contribution in [-0.2, 0) is 4.74 Å². The molecule has 1 unspecified atom stereocenters. The fourth-order valence-electron chi connectivity index (χ4n) is 4.09. The predicted molar refractivity (Wildman–Crippen MR) is 96.8 cm³/mol. The summed E-state index contributed by atoms with van der Waals surface area (Å²) in [5.74, 6) is -4.25. The van der Waals surface area contributed by atoms with Gasteiger partial charge in [-0.2, -0.15) is 0 Å². The number of aliphatic hydroxyl groups is 1. The van der Waals surface area contributed by atoms with Crippen molar-refractivity contribution in [2.24, 2.45) is 5.92 Å². The molecule has 1 heterocycles. The lowest BCUT2D eigenvalue weighted by Gasteiger charge is -2.22. The summed E-state index contributed by atoms with van der Waals surface area (Å²) in [4.78, 5) is 13.7. The molecule has 0 spiro atoms. The van der Waals surface area contributed by atoms with Gasteiger partial charge in [-0.05, 0) is 28.7 Å². The molecule has 0 aromatic heterocycles. The van der Waals surface area contributed by atoms with Gasteiger partial charge in [0, 0.05) is 24.9 Å². The number of likely N-dealkylation sites (tertiary alicyclic amines) is 1. The van der Waals surface area contributed by atoms with Gasteiger partial charge in [-0.3, -0.25) is 0 Å². The summed E-state index contributed by atoms with van der Waals surface area (Å²) in [5.41, 5.74) is 4.49. The highest BCUT2D eigenvalue weighted by atomic mass is 19.3. The number of carbonyl (C=O) groups excluding carboxylic acids is 1. The Morgan fingerprint density at radius 2 is 1.70 bits per heavy atom. The molecule has 4 nitrogen and oxygen atoms in total. The van der Waals surface area contributed by atoms with E-state index in [-0.39, 0.29) is 32.0 Å². The number of ether oxygens (including phenoxy) is 1. The maximum Gasteiger partial charge on any atom is 0.409 e. The van der Waals surface area contributed by atoms with Gasteiger partial charge in [0.15, 0.2) is 0 Å². The first-order valence-electron chi connectivity index (χ1n) is 9.10. The molecule has 2 aliphatic rings. The summed E-state index contributed by atoms with van der Waals surface area (Å²) in [6.45, 7) is -0.901. The third kappa shape index (κ3) is 3.18. The van der Waals surface area contributed by atoms with Crippen molar-refractivity contribution in [1.82, 2.24) is 4.90 Å². The van der Waals surface area contributed by atoms with Crippen LogP contribution < -0.4 is 0 Å². The van der Waals surface area contributed by atoms with Crippen molar-refractivity contribution in [3.05, 3.63) is 59.7 Å². The second-order valence-corrected chi connectivity index (χ2v) is 7.15. The number of rotatable bonds is 4. The van der Waals surface area contributed by atoms with Gasteiger partial charge in [0.2, 0.25) is 0 Å². The molecule has 0 bridgehead atoms. The van der Waals surface area contributed by atoms with Crippen LogP contribution in [0.2, 0.25) is 0 Å². The lowest BCUT2D eigenvalue weighted by atomic mass is 9.98. The molecular weight excluding hydrogens is 352 g/mol. The van der Waals surface area contributed by atoms with E-state index in [0.717, 1.165) is 22.3 Å². The number of benzene rings is 2. The number of hydrogen-bond acceptors (Lipinski definition) is 3. The van der Waals surface area contributed by atoms with Gasteiger partial charge in [-0.15, -0.1) is 0 Å². The lowest BCUT2D eigenvalue weighted by molar-refractivity contribution is -0.0933. The van der Waals surface area contributed by atoms with E-state index in [2.05, 4.69) is 12.1 Å². The lowest BCUT2D eigenvalue weighted by Crippen LogP contribution is -2.36. The zero-order valence-corrected chi connectivity index (χ0v) is 14.8. The third-order valence-corrected chi connectivity index (χ3v) is 5.59. The van der Waals surface area contributed by atoms with Crippen LogP contribution in [-0.4, -0.2) is 48.3 Å². The monoisotopic (exact) mass is 373 g/mol. The molecule has 27 heavy (non-hydrogen) atoms. The molecule has 6 heteroatoms. The molecule has 1 saturated heterocycles. The average Bonchev–Trinajstić information content (AvgIpc) is 3.30. The van der Waals surface area contributed by atoms with Crippen molar-refractivity contribution in [2.45, 2.75) is 18.3 Å². The smallest absolute Gasteiger partial charge is 0.409 e. The molecule has 0 radical (unpaired) electrons. The highest BCUT2D eigenvalue weighted by molar-refractivity contribution is 5.79. The van der Waals surface area contributed by atoms with Crippen molar-refractivity contribution in [1.29, 1.82) is 0 Å². The Morgan fingerprint density at radius 3 is 2.30 bits per heavy atom. The molecule has 4 rings (SSSR count). The third-order valence-electron chi connectivity index (χ3n) is 5.59. The predicted octanol–water partition coefficient (Wildman–Crippen LogP) is 3.89. The number of nitrogens with zero attached hydrogens (tertiary/aromatic N) is 1. The van der Waals surface area contributed by atoms with Gasteiger partial charge in [0.1, 0.15) is 13.2 Å². The topological polar surface area (TPSA) is 49.8 Å². The van der Waals surface area contributed by atoms with Crippen LogP contribution in [0.4, 0.5) is 13.6 Å². The van der Waals surface area contributed by atoms with Crippen LogP contribution in [0.5, 0.6) is 0 Å². The van der Waals surface area contributed by atoms with E-state index in [1.54, 1.807) is 0 Å². The van der Waals surface area contributed by atoms with Crippen LogP contribution in [0.1, 0.15) is 23.5 Å². The Labute approximate surface area is 156 Å². The second-order valence-electron chi connectivity index (χ2n) is 7.15. The minimum absolute atomic E-state index is 0.0568. The molecule has 1 aliphatic heterocycles. The van der Waals surface area contributed by atoms with Crippen LogP contribution in [0.3, 0.4) is 0 Å². The Balaban J connectivity index is 1.44. The number of alkyl halides is 2. The van der Waals surface area contributed by atoms with Crippen LogP contribution in [0.15, 0.2) is 48.5 Å². The van der Waals surface area contributed by atoms with Crippen molar-refractivity contribution in [3.63, 3.8) is 0 Å². The van der Waals surface area contributed by atoms with Gasteiger partial charge >= 0.3 is 6.09 Å². The van der Waals surface area contributed by atoms with Crippen LogP contribution >= 0.6 is 0 Å². The minimum atomic E-state index is -3.17. The van der Waals surface area contributed by atoms with E-state index in [0.29, 0.717) is 0 Å². The first kappa shape index (κ1) is 17.9. The van der Waals surface area contributed by atoms with Gasteiger partial charge in [-0.1, -0.05) is 48.5 Å². The van der Waals surface area contributed by atoms with Crippen LogP contribution in [0, 0.1) is 5.92 Å². The number of hydrogen-bond donors (Lipinski definition) is 1. The minimum Gasteiger partial charge on any atom is -0.448 e. The van der Waals surface area contributed by atoms with Crippen molar-refractivity contribution >= 4 is 6.09 Å². The van der Waals surface area contributed by atoms with E-state index in [1.165, 1.54) is 4.90 Å². The molecule has 142 valence electrons. The maximum absolute atomic E-state index is 13.6. The van der Waals surface area contributed by atoms with Crippen molar-refractivity contribution in [2.75, 3.05) is 26.3 Å². The zero-order valence-electron chi connectivity index (χ0n) is 14.8. The Bertz CT molecular complexity index is 809. The standard InChI is InChI=1S/C21H21F2NO3/c22-21(23,13-25)14-9-10-24(11-14)20(26)27-12-19-17-7-3-1-5-15(17)16-6-2-4-8-18(16)19/h1-8,14,19,25H,9-13H2. The fraction of sp³-hybridized carbons (Fsp3) is 0.381. The summed E-state index contributed by atoms with van der Waals surface area (Å²) in [5, 5.41) is 8.83. The van der Waals surface area contributed by atoms with Gasteiger partial charge in [0.05, 0.1) is 0 Å². The quantitative estimate of drug-likeness (QED) is 0.885. The SMILES string of the molecule is O=C(OCC1c2ccccc2-c2ccccc21)N1CCC(C(F)(F)CO)C1. The largest absolute Gasteiger partial charge is 0.448 e. The molecule has 0 saturated carbocycles. The Morgan fingerprint density at radius 1 is 1.11 bits per heavy atom. The van der Waals surface area contributed by atoms with Gasteiger partial charge in [-0.25, -0.2) is 13.6 Å². The zero-order chi connectivity index (χ0) is 19.0. The summed E-state index contributed by atoms with van der Waals surface area (Å²) < 4.78 is 32.8. The van der Waals surface area contributed by atoms with E-state index < -0.39 is 24.5 Å². The first-order chi connectivity index (χ1) is 13.0. The molecular formula is C21H21F2NO3. The molecule has 1 fully saturated rings. The highest BCUT2D eigenvalue weighted by Crippen LogP contribution is 2.44. The number of amides is 1. The summed E-state index contributed by atoms with van der Waals surface area (Å²) in [7, 11) is 0. The Kier molecular flexibility index (Phi) is 4.60. The van der Waals surface area contributed by atoms with Crippen molar-refractivity contribution in [3.8, 4) is 11.1 Å². The summed E-state index contributed by atoms with van der Waals surface area (Å²) in [6.07, 6.45) is -0.411. The van der Waals surface area contributed by atoms with Gasteiger partial charge < -0.3 is 14.7 Å². The number of aliphatic hydroxyl groups excluding tert-OH is 1. The number of carbonyl (C=O) groups is 1.